The third-order valence-electron chi connectivity index (χ3n) is 3.50. The van der Waals surface area contributed by atoms with Crippen LogP contribution in [0.15, 0.2) is 23.1 Å². The molecule has 2 N–H and O–H groups in total. The van der Waals surface area contributed by atoms with E-state index in [-0.39, 0.29) is 10.6 Å². The number of hydrogen-bond donors (Lipinski definition) is 1. The van der Waals surface area contributed by atoms with E-state index in [9.17, 15) is 18.5 Å². The Kier molecular flexibility index (Phi) is 4.16. The molecule has 0 saturated carbocycles. The second kappa shape index (κ2) is 5.43. The molecule has 0 spiro atoms. The van der Waals surface area contributed by atoms with Gasteiger partial charge in [-0.2, -0.15) is 0 Å². The highest BCUT2D eigenvalue weighted by Gasteiger charge is 2.39. The number of benzene rings is 1. The molecule has 1 fully saturated rings. The van der Waals surface area contributed by atoms with Crippen molar-refractivity contribution in [3.8, 4) is 0 Å². The summed E-state index contributed by atoms with van der Waals surface area (Å²) in [6.45, 7) is 8.51. The Labute approximate surface area is 135 Å². The number of rotatable bonds is 3. The van der Waals surface area contributed by atoms with E-state index in [1.54, 1.807) is 0 Å². The monoisotopic (exact) mass is 343 g/mol. The molecule has 0 amide bonds. The molecule has 128 valence electrons. The number of nitro groups is 1. The van der Waals surface area contributed by atoms with Gasteiger partial charge in [0.05, 0.1) is 21.8 Å². The van der Waals surface area contributed by atoms with Crippen LogP contribution in [0.2, 0.25) is 0 Å². The molecule has 2 rings (SSSR count). The van der Waals surface area contributed by atoms with Crippen molar-refractivity contribution >= 4 is 21.4 Å². The zero-order valence-corrected chi connectivity index (χ0v) is 14.4. The van der Waals surface area contributed by atoms with Gasteiger partial charge in [-0.25, -0.2) is 13.6 Å². The molecular formula is C14H21N3O5S. The van der Waals surface area contributed by atoms with Gasteiger partial charge in [0, 0.05) is 25.2 Å². The second-order valence-corrected chi connectivity index (χ2v) is 8.46. The Balaban J connectivity index is 2.56. The number of ether oxygens (including phenoxy) is 1. The Morgan fingerprint density at radius 1 is 1.22 bits per heavy atom. The van der Waals surface area contributed by atoms with Gasteiger partial charge in [0.15, 0.2) is 0 Å². The van der Waals surface area contributed by atoms with Crippen molar-refractivity contribution in [2.75, 3.05) is 18.0 Å². The summed E-state index contributed by atoms with van der Waals surface area (Å²) in [6.07, 6.45) is 0. The van der Waals surface area contributed by atoms with Gasteiger partial charge in [0.25, 0.3) is 5.69 Å². The fraction of sp³-hybridized carbons (Fsp3) is 0.571. The van der Waals surface area contributed by atoms with Crippen LogP contribution in [-0.2, 0) is 14.8 Å². The summed E-state index contributed by atoms with van der Waals surface area (Å²) in [5.74, 6) is 0. The van der Waals surface area contributed by atoms with Crippen molar-refractivity contribution in [1.29, 1.82) is 0 Å². The minimum atomic E-state index is -4.10. The van der Waals surface area contributed by atoms with Crippen LogP contribution in [0.3, 0.4) is 0 Å². The zero-order valence-electron chi connectivity index (χ0n) is 13.6. The van der Waals surface area contributed by atoms with E-state index in [1.807, 2.05) is 32.6 Å². The van der Waals surface area contributed by atoms with E-state index < -0.39 is 26.1 Å². The summed E-state index contributed by atoms with van der Waals surface area (Å²) < 4.78 is 29.8. The molecule has 8 nitrogen and oxygen atoms in total. The third-order valence-corrected chi connectivity index (χ3v) is 4.44. The normalized spacial score (nSPS) is 20.3. The van der Waals surface area contributed by atoms with Gasteiger partial charge >= 0.3 is 0 Å². The summed E-state index contributed by atoms with van der Waals surface area (Å²) in [5, 5.41) is 16.2. The van der Waals surface area contributed by atoms with Crippen molar-refractivity contribution < 1.29 is 18.1 Å². The fourth-order valence-electron chi connectivity index (χ4n) is 3.06. The number of non-ortho nitro benzene ring substituents is 1. The summed E-state index contributed by atoms with van der Waals surface area (Å²) in [7, 11) is -4.10. The Morgan fingerprint density at radius 2 is 1.74 bits per heavy atom. The van der Waals surface area contributed by atoms with Crippen LogP contribution in [-0.4, -0.2) is 37.6 Å². The van der Waals surface area contributed by atoms with Gasteiger partial charge in [0.2, 0.25) is 10.0 Å². The van der Waals surface area contributed by atoms with Crippen molar-refractivity contribution in [3.63, 3.8) is 0 Å². The molecule has 0 aromatic heterocycles. The van der Waals surface area contributed by atoms with E-state index in [0.717, 1.165) is 6.07 Å². The van der Waals surface area contributed by atoms with Crippen LogP contribution >= 0.6 is 0 Å². The van der Waals surface area contributed by atoms with Crippen molar-refractivity contribution in [2.24, 2.45) is 5.14 Å². The number of anilines is 1. The molecule has 0 unspecified atom stereocenters. The Morgan fingerprint density at radius 3 is 2.17 bits per heavy atom. The molecular weight excluding hydrogens is 322 g/mol. The lowest BCUT2D eigenvalue weighted by Gasteiger charge is -2.48. The molecule has 1 saturated heterocycles. The fourth-order valence-corrected chi connectivity index (χ4v) is 3.84. The molecule has 0 bridgehead atoms. The molecule has 1 aromatic carbocycles. The molecule has 9 heteroatoms. The SMILES string of the molecule is CC1(C)CN(c2ccc([N+](=O)[O-])cc2S(N)(=O)=O)CC(C)(C)O1. The van der Waals surface area contributed by atoms with Crippen LogP contribution in [0.1, 0.15) is 27.7 Å². The highest BCUT2D eigenvalue weighted by Crippen LogP contribution is 2.35. The number of sulfonamides is 1. The maximum Gasteiger partial charge on any atom is 0.270 e. The van der Waals surface area contributed by atoms with Crippen LogP contribution in [0.4, 0.5) is 11.4 Å². The van der Waals surface area contributed by atoms with Crippen LogP contribution in [0.5, 0.6) is 0 Å². The summed E-state index contributed by atoms with van der Waals surface area (Å²) >= 11 is 0. The zero-order chi connectivity index (χ0) is 17.6. The minimum Gasteiger partial charge on any atom is -0.366 e. The highest BCUT2D eigenvalue weighted by atomic mass is 32.2. The number of morpholine rings is 1. The van der Waals surface area contributed by atoms with E-state index >= 15 is 0 Å². The van der Waals surface area contributed by atoms with Gasteiger partial charge in [-0.15, -0.1) is 0 Å². The van der Waals surface area contributed by atoms with Crippen LogP contribution in [0, 0.1) is 10.1 Å². The van der Waals surface area contributed by atoms with Gasteiger partial charge in [-0.05, 0) is 33.8 Å². The maximum absolute atomic E-state index is 11.9. The highest BCUT2D eigenvalue weighted by molar-refractivity contribution is 7.89. The third kappa shape index (κ3) is 3.98. The molecule has 1 aliphatic heterocycles. The van der Waals surface area contributed by atoms with Gasteiger partial charge in [-0.3, -0.25) is 10.1 Å². The molecule has 23 heavy (non-hydrogen) atoms. The molecule has 1 aliphatic rings. The minimum absolute atomic E-state index is 0.250. The molecule has 1 aromatic rings. The van der Waals surface area contributed by atoms with E-state index in [1.165, 1.54) is 12.1 Å². The molecule has 1 heterocycles. The van der Waals surface area contributed by atoms with Crippen LogP contribution < -0.4 is 10.0 Å². The van der Waals surface area contributed by atoms with Crippen LogP contribution in [0.25, 0.3) is 0 Å². The van der Waals surface area contributed by atoms with E-state index in [0.29, 0.717) is 18.8 Å². The average molecular weight is 343 g/mol. The van der Waals surface area contributed by atoms with E-state index in [2.05, 4.69) is 0 Å². The predicted molar refractivity (Wildman–Crippen MR) is 85.9 cm³/mol. The summed E-state index contributed by atoms with van der Waals surface area (Å²) in [5.41, 5.74) is -0.967. The standard InChI is InChI=1S/C14H21N3O5S/c1-13(2)8-16(9-14(3,4)22-13)11-6-5-10(17(18)19)7-12(11)23(15,20)21/h5-7H,8-9H2,1-4H3,(H2,15,20,21). The second-order valence-electron chi connectivity index (χ2n) is 6.93. The lowest BCUT2D eigenvalue weighted by Crippen LogP contribution is -2.57. The largest absolute Gasteiger partial charge is 0.366 e. The number of nitrogens with zero attached hydrogens (tertiary/aromatic N) is 2. The first-order chi connectivity index (χ1) is 10.3. The maximum atomic E-state index is 11.9. The van der Waals surface area contributed by atoms with Gasteiger partial charge < -0.3 is 9.64 Å². The molecule has 0 radical (unpaired) electrons. The Bertz CT molecular complexity index is 727. The predicted octanol–water partition coefficient (Wildman–Crippen LogP) is 1.64. The quantitative estimate of drug-likeness (QED) is 0.659. The number of hydrogen-bond acceptors (Lipinski definition) is 6. The lowest BCUT2D eigenvalue weighted by atomic mass is 9.98. The van der Waals surface area contributed by atoms with E-state index in [4.69, 9.17) is 9.88 Å². The van der Waals surface area contributed by atoms with Crippen molar-refractivity contribution in [1.82, 2.24) is 0 Å². The topological polar surface area (TPSA) is 116 Å². The number of nitrogens with two attached hydrogens (primary N) is 1. The van der Waals surface area contributed by atoms with Gasteiger partial charge in [0.1, 0.15) is 4.90 Å². The molecule has 0 atom stereocenters. The van der Waals surface area contributed by atoms with Gasteiger partial charge in [-0.1, -0.05) is 0 Å². The molecule has 0 aliphatic carbocycles. The average Bonchev–Trinajstić information content (AvgIpc) is 2.33. The van der Waals surface area contributed by atoms with Crippen molar-refractivity contribution in [3.05, 3.63) is 28.3 Å². The summed E-state index contributed by atoms with van der Waals surface area (Å²) in [6, 6.07) is 3.70. The van der Waals surface area contributed by atoms with Crippen molar-refractivity contribution in [2.45, 2.75) is 43.8 Å². The first kappa shape index (κ1) is 17.6. The Hall–Kier alpha value is -1.71. The smallest absolute Gasteiger partial charge is 0.270 e. The summed E-state index contributed by atoms with van der Waals surface area (Å²) in [4.78, 5) is 11.9. The first-order valence-electron chi connectivity index (χ1n) is 7.07. The first-order valence-corrected chi connectivity index (χ1v) is 8.62. The number of nitro benzene ring substituents is 1. The number of primary sulfonamides is 1. The lowest BCUT2D eigenvalue weighted by molar-refractivity contribution is -0.385.